The van der Waals surface area contributed by atoms with Gasteiger partial charge in [-0.05, 0) is 41.5 Å². The zero-order valence-corrected chi connectivity index (χ0v) is 21.7. The second-order valence-corrected chi connectivity index (χ2v) is 10.9. The molecule has 0 saturated heterocycles. The first kappa shape index (κ1) is 28.4. The SMILES string of the molecule is CCOC(=O)C(C)(C)NP(=O)(COCCn1cnc2c(=O)[nH]c(N)nc21)N[C@@H](C)C(=O)OC(C)C. The number of imidazole rings is 1. The Morgan fingerprint density at radius 1 is 1.31 bits per heavy atom. The first-order valence-electron chi connectivity index (χ1n) is 11.1. The molecule has 2 heterocycles. The van der Waals surface area contributed by atoms with Crippen LogP contribution < -0.4 is 21.5 Å². The fraction of sp³-hybridized carbons (Fsp3) is 0.650. The van der Waals surface area contributed by atoms with Gasteiger partial charge in [0.05, 0.1) is 25.6 Å². The van der Waals surface area contributed by atoms with Crippen LogP contribution in [-0.4, -0.2) is 68.7 Å². The number of nitrogens with zero attached hydrogens (tertiary/aromatic N) is 3. The highest BCUT2D eigenvalue weighted by Gasteiger charge is 2.39. The number of nitrogens with two attached hydrogens (primary N) is 1. The Hall–Kier alpha value is -2.80. The third kappa shape index (κ3) is 7.85. The van der Waals surface area contributed by atoms with E-state index in [4.69, 9.17) is 19.9 Å². The van der Waals surface area contributed by atoms with E-state index in [0.717, 1.165) is 0 Å². The van der Waals surface area contributed by atoms with Crippen molar-refractivity contribution in [3.05, 3.63) is 16.7 Å². The molecule has 0 amide bonds. The van der Waals surface area contributed by atoms with Gasteiger partial charge in [-0.3, -0.25) is 23.9 Å². The lowest BCUT2D eigenvalue weighted by Gasteiger charge is -2.31. The molecule has 0 spiro atoms. The minimum Gasteiger partial charge on any atom is -0.465 e. The smallest absolute Gasteiger partial charge is 0.326 e. The molecule has 0 saturated carbocycles. The largest absolute Gasteiger partial charge is 0.465 e. The summed E-state index contributed by atoms with van der Waals surface area (Å²) in [6.45, 7) is 10.0. The summed E-state index contributed by atoms with van der Waals surface area (Å²) in [6.07, 6.45) is 0.698. The zero-order valence-electron chi connectivity index (χ0n) is 20.8. The molecule has 2 atom stereocenters. The molecular weight excluding hydrogens is 481 g/mol. The molecule has 2 rings (SSSR count). The average molecular weight is 516 g/mol. The fourth-order valence-electron chi connectivity index (χ4n) is 3.10. The van der Waals surface area contributed by atoms with Gasteiger partial charge >= 0.3 is 11.9 Å². The van der Waals surface area contributed by atoms with Gasteiger partial charge in [0.15, 0.2) is 11.2 Å². The number of esters is 2. The molecule has 5 N–H and O–H groups in total. The van der Waals surface area contributed by atoms with E-state index >= 15 is 0 Å². The Bertz CT molecular complexity index is 1140. The van der Waals surface area contributed by atoms with Crippen molar-refractivity contribution in [1.82, 2.24) is 29.7 Å². The van der Waals surface area contributed by atoms with E-state index in [1.165, 1.54) is 27.1 Å². The summed E-state index contributed by atoms with van der Waals surface area (Å²) < 4.78 is 31.2. The molecule has 0 aliphatic carbocycles. The normalized spacial score (nSPS) is 14.6. The number of nitrogen functional groups attached to an aromatic ring is 1. The molecule has 0 aliphatic rings. The predicted molar refractivity (Wildman–Crippen MR) is 129 cm³/mol. The van der Waals surface area contributed by atoms with Crippen LogP contribution in [-0.2, 0) is 34.9 Å². The summed E-state index contributed by atoms with van der Waals surface area (Å²) in [6, 6.07) is -0.950. The third-order valence-electron chi connectivity index (χ3n) is 4.60. The first-order valence-corrected chi connectivity index (χ1v) is 13.0. The Kier molecular flexibility index (Phi) is 9.55. The van der Waals surface area contributed by atoms with Gasteiger partial charge in [0.25, 0.3) is 5.56 Å². The lowest BCUT2D eigenvalue weighted by atomic mass is 10.1. The maximum Gasteiger partial charge on any atom is 0.326 e. The molecule has 35 heavy (non-hydrogen) atoms. The first-order chi connectivity index (χ1) is 16.3. The van der Waals surface area contributed by atoms with Gasteiger partial charge in [0.1, 0.15) is 17.9 Å². The molecule has 14 nitrogen and oxygen atoms in total. The molecule has 0 fully saturated rings. The molecule has 0 radical (unpaired) electrons. The van der Waals surface area contributed by atoms with Crippen LogP contribution in [0.2, 0.25) is 0 Å². The Morgan fingerprint density at radius 3 is 2.63 bits per heavy atom. The molecule has 0 aromatic carbocycles. The highest BCUT2D eigenvalue weighted by molar-refractivity contribution is 7.59. The standard InChI is InChI=1S/C20H34N7O7P/c1-7-33-18(30)20(5,6)26-35(31,25-13(4)17(29)34-12(2)3)11-32-9-8-27-10-22-14-15(27)23-19(21)24-16(14)28/h10,12-13H,7-9,11H2,1-6H3,(H2,25,26,31)(H3,21,23,24,28)/t13-,35?/m0/s1. The van der Waals surface area contributed by atoms with Crippen molar-refractivity contribution in [2.75, 3.05) is 25.3 Å². The summed E-state index contributed by atoms with van der Waals surface area (Å²) in [7, 11) is -3.68. The van der Waals surface area contributed by atoms with Crippen LogP contribution in [0, 0.1) is 0 Å². The quantitative estimate of drug-likeness (QED) is 0.166. The fourth-order valence-corrected chi connectivity index (χ4v) is 5.42. The van der Waals surface area contributed by atoms with Gasteiger partial charge in [-0.15, -0.1) is 0 Å². The van der Waals surface area contributed by atoms with Crippen LogP contribution in [0.3, 0.4) is 0 Å². The van der Waals surface area contributed by atoms with Gasteiger partial charge in [-0.25, -0.2) is 15.2 Å². The summed E-state index contributed by atoms with van der Waals surface area (Å²) in [5, 5.41) is 5.51. The van der Waals surface area contributed by atoms with Gasteiger partial charge in [0, 0.05) is 6.54 Å². The van der Waals surface area contributed by atoms with Crippen LogP contribution in [0.5, 0.6) is 0 Å². The maximum atomic E-state index is 13.7. The van der Waals surface area contributed by atoms with Crippen LogP contribution in [0.15, 0.2) is 11.1 Å². The number of carbonyl (C=O) groups is 2. The number of ether oxygens (including phenoxy) is 3. The summed E-state index contributed by atoms with van der Waals surface area (Å²) in [5.41, 5.74) is 4.20. The van der Waals surface area contributed by atoms with E-state index in [2.05, 4.69) is 25.1 Å². The minimum atomic E-state index is -3.68. The van der Waals surface area contributed by atoms with Crippen LogP contribution in [0.4, 0.5) is 5.95 Å². The van der Waals surface area contributed by atoms with E-state index in [9.17, 15) is 18.9 Å². The van der Waals surface area contributed by atoms with Crippen LogP contribution in [0.25, 0.3) is 11.2 Å². The summed E-state index contributed by atoms with van der Waals surface area (Å²) in [5.74, 6) is -1.26. The van der Waals surface area contributed by atoms with Crippen molar-refractivity contribution in [3.8, 4) is 0 Å². The number of fused-ring (bicyclic) bond motifs is 1. The number of anilines is 1. The number of aromatic amines is 1. The molecule has 0 bridgehead atoms. The molecular formula is C20H34N7O7P. The molecule has 196 valence electrons. The van der Waals surface area contributed by atoms with Gasteiger partial charge in [-0.1, -0.05) is 0 Å². The zero-order chi connectivity index (χ0) is 26.4. The number of rotatable bonds is 13. The third-order valence-corrected chi connectivity index (χ3v) is 6.87. The van der Waals surface area contributed by atoms with Gasteiger partial charge < -0.3 is 24.5 Å². The topological polar surface area (TPSA) is 193 Å². The van der Waals surface area contributed by atoms with Crippen molar-refractivity contribution < 1.29 is 28.4 Å². The predicted octanol–water partition coefficient (Wildman–Crippen LogP) is 0.730. The highest BCUT2D eigenvalue weighted by atomic mass is 31.2. The van der Waals surface area contributed by atoms with Crippen molar-refractivity contribution in [1.29, 1.82) is 0 Å². The van der Waals surface area contributed by atoms with Gasteiger partial charge in [-0.2, -0.15) is 4.98 Å². The minimum absolute atomic E-state index is 0.0495. The van der Waals surface area contributed by atoms with Crippen molar-refractivity contribution in [2.24, 2.45) is 0 Å². The second kappa shape index (κ2) is 11.8. The molecule has 15 heteroatoms. The van der Waals surface area contributed by atoms with Crippen molar-refractivity contribution >= 4 is 36.5 Å². The summed E-state index contributed by atoms with van der Waals surface area (Å²) in [4.78, 5) is 47.0. The van der Waals surface area contributed by atoms with E-state index in [0.29, 0.717) is 0 Å². The average Bonchev–Trinajstić information content (AvgIpc) is 3.13. The number of aromatic nitrogens is 4. The number of H-pyrrole nitrogens is 1. The number of nitrogens with one attached hydrogen (secondary N) is 3. The second-order valence-electron chi connectivity index (χ2n) is 8.63. The number of carbonyl (C=O) groups excluding carboxylic acids is 2. The van der Waals surface area contributed by atoms with Crippen LogP contribution in [0.1, 0.15) is 41.5 Å². The van der Waals surface area contributed by atoms with E-state index in [-0.39, 0.29) is 49.3 Å². The maximum absolute atomic E-state index is 13.7. The number of hydrogen-bond donors (Lipinski definition) is 4. The van der Waals surface area contributed by atoms with E-state index in [1.807, 2.05) is 0 Å². The lowest BCUT2D eigenvalue weighted by Crippen LogP contribution is -2.50. The Balaban J connectivity index is 2.13. The van der Waals surface area contributed by atoms with Crippen LogP contribution >= 0.6 is 7.44 Å². The molecule has 2 aromatic rings. The highest BCUT2D eigenvalue weighted by Crippen LogP contribution is 2.40. The van der Waals surface area contributed by atoms with E-state index in [1.54, 1.807) is 25.3 Å². The molecule has 0 aliphatic heterocycles. The van der Waals surface area contributed by atoms with Crippen molar-refractivity contribution in [2.45, 2.75) is 65.8 Å². The van der Waals surface area contributed by atoms with Crippen molar-refractivity contribution in [3.63, 3.8) is 0 Å². The Labute approximate surface area is 202 Å². The lowest BCUT2D eigenvalue weighted by molar-refractivity contribution is -0.149. The number of hydrogen-bond acceptors (Lipinski definition) is 10. The monoisotopic (exact) mass is 515 g/mol. The molecule has 1 unspecified atom stereocenters. The van der Waals surface area contributed by atoms with Gasteiger partial charge in [0.2, 0.25) is 13.4 Å². The summed E-state index contributed by atoms with van der Waals surface area (Å²) >= 11 is 0. The molecule has 2 aromatic heterocycles. The Morgan fingerprint density at radius 2 is 2.00 bits per heavy atom. The van der Waals surface area contributed by atoms with E-state index < -0.39 is 36.5 Å².